The summed E-state index contributed by atoms with van der Waals surface area (Å²) in [6.07, 6.45) is 27.1. The van der Waals surface area contributed by atoms with Crippen molar-refractivity contribution in [2.24, 2.45) is 23.7 Å². The van der Waals surface area contributed by atoms with Crippen molar-refractivity contribution < 1.29 is 4.74 Å². The van der Waals surface area contributed by atoms with Gasteiger partial charge >= 0.3 is 0 Å². The average molecular weight is 451 g/mol. The van der Waals surface area contributed by atoms with Crippen LogP contribution in [0.2, 0.25) is 0 Å². The number of rotatable bonds is 15. The Bertz CT molecular complexity index is 644. The fourth-order valence-corrected chi connectivity index (χ4v) is 6.21. The van der Waals surface area contributed by atoms with Crippen molar-refractivity contribution >= 4 is 0 Å². The van der Waals surface area contributed by atoms with Crippen LogP contribution in [0.5, 0.6) is 0 Å². The van der Waals surface area contributed by atoms with Crippen LogP contribution in [-0.2, 0) is 17.8 Å². The van der Waals surface area contributed by atoms with Gasteiger partial charge in [-0.1, -0.05) is 101 Å². The van der Waals surface area contributed by atoms with Crippen molar-refractivity contribution in [1.29, 1.82) is 0 Å². The normalized spacial score (nSPS) is 25.6. The second kappa shape index (κ2) is 15.5. The summed E-state index contributed by atoms with van der Waals surface area (Å²) in [4.78, 5) is 0. The average Bonchev–Trinajstić information content (AvgIpc) is 2.87. The molecule has 2 aliphatic carbocycles. The van der Waals surface area contributed by atoms with E-state index in [1.54, 1.807) is 6.08 Å². The van der Waals surface area contributed by atoms with Gasteiger partial charge in [-0.25, -0.2) is 0 Å². The lowest BCUT2D eigenvalue weighted by atomic mass is 9.77. The second-order valence-corrected chi connectivity index (χ2v) is 11.1. The van der Waals surface area contributed by atoms with Gasteiger partial charge in [0, 0.05) is 0 Å². The molecular formula is C32H50O. The molecule has 0 amide bonds. The first kappa shape index (κ1) is 26.3. The number of hydrogen-bond acceptors (Lipinski definition) is 1. The SMILES string of the molecule is C=CCOCc1ccc(CCCC[C@H]2CC[C@H](CCCC[C@H]3CC[C@H](C=C)CC3)CC2)cc1. The molecule has 0 unspecified atom stereocenters. The van der Waals surface area contributed by atoms with Crippen molar-refractivity contribution in [3.8, 4) is 0 Å². The lowest BCUT2D eigenvalue weighted by Gasteiger charge is -2.29. The van der Waals surface area contributed by atoms with E-state index >= 15 is 0 Å². The molecule has 0 atom stereocenters. The smallest absolute Gasteiger partial charge is 0.0721 e. The van der Waals surface area contributed by atoms with Crippen LogP contribution in [0, 0.1) is 23.7 Å². The van der Waals surface area contributed by atoms with Gasteiger partial charge in [-0.15, -0.1) is 13.2 Å². The highest BCUT2D eigenvalue weighted by molar-refractivity contribution is 5.22. The van der Waals surface area contributed by atoms with Gasteiger partial charge in [-0.05, 0) is 73.3 Å². The van der Waals surface area contributed by atoms with E-state index in [4.69, 9.17) is 4.74 Å². The van der Waals surface area contributed by atoms with Crippen molar-refractivity contribution in [3.05, 3.63) is 60.7 Å². The molecule has 0 spiro atoms. The first-order valence-electron chi connectivity index (χ1n) is 14.2. The third-order valence-electron chi connectivity index (χ3n) is 8.52. The van der Waals surface area contributed by atoms with Crippen LogP contribution in [0.25, 0.3) is 0 Å². The monoisotopic (exact) mass is 450 g/mol. The number of ether oxygens (including phenoxy) is 1. The van der Waals surface area contributed by atoms with Crippen molar-refractivity contribution in [1.82, 2.24) is 0 Å². The Morgan fingerprint density at radius 2 is 1.15 bits per heavy atom. The van der Waals surface area contributed by atoms with Crippen LogP contribution in [-0.4, -0.2) is 6.61 Å². The van der Waals surface area contributed by atoms with Crippen LogP contribution in [0.4, 0.5) is 0 Å². The molecule has 1 aromatic carbocycles. The Morgan fingerprint density at radius 3 is 1.67 bits per heavy atom. The maximum absolute atomic E-state index is 5.52. The lowest BCUT2D eigenvalue weighted by molar-refractivity contribution is 0.149. The van der Waals surface area contributed by atoms with Crippen molar-refractivity contribution in [3.63, 3.8) is 0 Å². The molecule has 0 saturated heterocycles. The Morgan fingerprint density at radius 1 is 0.667 bits per heavy atom. The highest BCUT2D eigenvalue weighted by Crippen LogP contribution is 2.36. The van der Waals surface area contributed by atoms with E-state index in [1.807, 2.05) is 0 Å². The third-order valence-corrected chi connectivity index (χ3v) is 8.52. The van der Waals surface area contributed by atoms with Gasteiger partial charge in [0.25, 0.3) is 0 Å². The second-order valence-electron chi connectivity index (χ2n) is 11.1. The van der Waals surface area contributed by atoms with Gasteiger partial charge in [-0.3, -0.25) is 0 Å². The topological polar surface area (TPSA) is 9.23 Å². The third kappa shape index (κ3) is 10.2. The number of unbranched alkanes of at least 4 members (excludes halogenated alkanes) is 2. The molecule has 0 N–H and O–H groups in total. The molecule has 0 heterocycles. The molecule has 0 radical (unpaired) electrons. The van der Waals surface area contributed by atoms with Crippen LogP contribution >= 0.6 is 0 Å². The molecule has 33 heavy (non-hydrogen) atoms. The summed E-state index contributed by atoms with van der Waals surface area (Å²) >= 11 is 0. The minimum Gasteiger partial charge on any atom is -0.373 e. The van der Waals surface area contributed by atoms with Gasteiger partial charge in [0.15, 0.2) is 0 Å². The number of aryl methyl sites for hydroxylation is 1. The summed E-state index contributed by atoms with van der Waals surface area (Å²) in [7, 11) is 0. The van der Waals surface area contributed by atoms with Gasteiger partial charge in [0.1, 0.15) is 0 Å². The van der Waals surface area contributed by atoms with Crippen LogP contribution in [0.1, 0.15) is 107 Å². The van der Waals surface area contributed by atoms with Crippen LogP contribution < -0.4 is 0 Å². The van der Waals surface area contributed by atoms with Gasteiger partial charge in [-0.2, -0.15) is 0 Å². The Hall–Kier alpha value is -1.34. The zero-order valence-corrected chi connectivity index (χ0v) is 21.3. The fourth-order valence-electron chi connectivity index (χ4n) is 6.21. The van der Waals surface area contributed by atoms with E-state index in [-0.39, 0.29) is 0 Å². The van der Waals surface area contributed by atoms with E-state index in [9.17, 15) is 0 Å². The minimum atomic E-state index is 0.626. The number of hydrogen-bond donors (Lipinski definition) is 0. The molecule has 2 fully saturated rings. The highest BCUT2D eigenvalue weighted by Gasteiger charge is 2.21. The Kier molecular flexibility index (Phi) is 12.4. The molecular weight excluding hydrogens is 400 g/mol. The fraction of sp³-hybridized carbons (Fsp3) is 0.688. The molecule has 1 nitrogen and oxygen atoms in total. The molecule has 184 valence electrons. The highest BCUT2D eigenvalue weighted by atomic mass is 16.5. The Labute approximate surface area is 205 Å². The Balaban J connectivity index is 1.17. The van der Waals surface area contributed by atoms with Crippen LogP contribution in [0.15, 0.2) is 49.6 Å². The van der Waals surface area contributed by atoms with E-state index in [0.717, 1.165) is 23.7 Å². The zero-order valence-electron chi connectivity index (χ0n) is 21.3. The number of allylic oxidation sites excluding steroid dienone is 1. The zero-order chi connectivity index (χ0) is 23.1. The standard InChI is InChI=1S/C32H50O/c1-3-25-33-26-32-23-21-31(22-24-32)12-8-7-11-30-19-17-29(18-20-30)10-6-5-9-28-15-13-27(4-2)14-16-28/h3-4,21-24,27-30H,1-2,5-20,25-26H2/t27-,28-,29-,30-. The van der Waals surface area contributed by atoms with E-state index in [0.29, 0.717) is 13.2 Å². The van der Waals surface area contributed by atoms with Crippen molar-refractivity contribution in [2.75, 3.05) is 6.61 Å². The molecule has 1 aromatic rings. The molecule has 0 aliphatic heterocycles. The molecule has 0 aromatic heterocycles. The van der Waals surface area contributed by atoms with E-state index in [2.05, 4.69) is 43.5 Å². The van der Waals surface area contributed by atoms with Gasteiger partial charge in [0.2, 0.25) is 0 Å². The van der Waals surface area contributed by atoms with E-state index < -0.39 is 0 Å². The van der Waals surface area contributed by atoms with Gasteiger partial charge in [0.05, 0.1) is 13.2 Å². The summed E-state index contributed by atoms with van der Waals surface area (Å²) in [6, 6.07) is 8.99. The summed E-state index contributed by atoms with van der Waals surface area (Å²) < 4.78 is 5.52. The molecule has 0 bridgehead atoms. The summed E-state index contributed by atoms with van der Waals surface area (Å²) in [6.45, 7) is 8.99. The summed E-state index contributed by atoms with van der Waals surface area (Å²) in [5.74, 6) is 3.87. The molecule has 2 saturated carbocycles. The predicted octanol–water partition coefficient (Wildman–Crippen LogP) is 9.46. The lowest BCUT2D eigenvalue weighted by Crippen LogP contribution is -2.15. The largest absolute Gasteiger partial charge is 0.373 e. The van der Waals surface area contributed by atoms with Gasteiger partial charge < -0.3 is 4.74 Å². The maximum Gasteiger partial charge on any atom is 0.0721 e. The van der Waals surface area contributed by atoms with E-state index in [1.165, 1.54) is 114 Å². The van der Waals surface area contributed by atoms with Crippen molar-refractivity contribution in [2.45, 2.75) is 109 Å². The molecule has 3 rings (SSSR count). The first-order chi connectivity index (χ1) is 16.3. The minimum absolute atomic E-state index is 0.626. The summed E-state index contributed by atoms with van der Waals surface area (Å²) in [5.41, 5.74) is 2.73. The molecule has 1 heteroatoms. The quantitative estimate of drug-likeness (QED) is 0.191. The van der Waals surface area contributed by atoms with Crippen LogP contribution in [0.3, 0.4) is 0 Å². The number of benzene rings is 1. The maximum atomic E-state index is 5.52. The molecule has 2 aliphatic rings. The predicted molar refractivity (Wildman–Crippen MR) is 143 cm³/mol. The summed E-state index contributed by atoms with van der Waals surface area (Å²) in [5, 5.41) is 0. The first-order valence-corrected chi connectivity index (χ1v) is 14.2.